The Bertz CT molecular complexity index is 831. The second-order valence-corrected chi connectivity index (χ2v) is 6.44. The second kappa shape index (κ2) is 7.43. The van der Waals surface area contributed by atoms with Gasteiger partial charge in [0.15, 0.2) is 0 Å². The number of rotatable bonds is 5. The molecule has 7 nitrogen and oxygen atoms in total. The molecule has 136 valence electrons. The number of nitrogens with one attached hydrogen (secondary N) is 1. The number of benzene rings is 2. The highest BCUT2D eigenvalue weighted by Crippen LogP contribution is 2.31. The van der Waals surface area contributed by atoms with Gasteiger partial charge in [-0.1, -0.05) is 12.1 Å². The Morgan fingerprint density at radius 2 is 1.96 bits per heavy atom. The van der Waals surface area contributed by atoms with Gasteiger partial charge in [-0.2, -0.15) is 0 Å². The zero-order valence-electron chi connectivity index (χ0n) is 14.5. The predicted octanol–water partition coefficient (Wildman–Crippen LogP) is 3.39. The highest BCUT2D eigenvalue weighted by Gasteiger charge is 2.24. The lowest BCUT2D eigenvalue weighted by molar-refractivity contribution is -0.384. The molecule has 2 aromatic carbocycles. The molecule has 1 atom stereocenters. The minimum absolute atomic E-state index is 0.0513. The number of amides is 1. The summed E-state index contributed by atoms with van der Waals surface area (Å²) in [6, 6.07) is 10.9. The van der Waals surface area contributed by atoms with Crippen LogP contribution < -0.4 is 10.2 Å². The van der Waals surface area contributed by atoms with Crippen molar-refractivity contribution in [3.05, 3.63) is 63.7 Å². The fourth-order valence-electron chi connectivity index (χ4n) is 3.19. The van der Waals surface area contributed by atoms with Crippen LogP contribution in [0.15, 0.2) is 42.5 Å². The summed E-state index contributed by atoms with van der Waals surface area (Å²) >= 11 is 0. The number of anilines is 1. The molecule has 1 unspecified atom stereocenters. The van der Waals surface area contributed by atoms with Crippen LogP contribution in [0.2, 0.25) is 0 Å². The van der Waals surface area contributed by atoms with Crippen LogP contribution in [0, 0.1) is 10.1 Å². The van der Waals surface area contributed by atoms with E-state index in [0.717, 1.165) is 31.5 Å². The van der Waals surface area contributed by atoms with Gasteiger partial charge in [0.05, 0.1) is 11.0 Å². The van der Waals surface area contributed by atoms with E-state index in [9.17, 15) is 20.0 Å². The summed E-state index contributed by atoms with van der Waals surface area (Å²) in [6.07, 6.45) is 2.03. The summed E-state index contributed by atoms with van der Waals surface area (Å²) in [7, 11) is 0. The minimum atomic E-state index is -0.441. The van der Waals surface area contributed by atoms with E-state index in [0.29, 0.717) is 5.69 Å². The van der Waals surface area contributed by atoms with Crippen molar-refractivity contribution >= 4 is 17.3 Å². The van der Waals surface area contributed by atoms with E-state index < -0.39 is 10.8 Å². The molecule has 0 radical (unpaired) electrons. The maximum absolute atomic E-state index is 12.5. The summed E-state index contributed by atoms with van der Waals surface area (Å²) in [5.41, 5.74) is 1.50. The molecule has 0 aliphatic carbocycles. The van der Waals surface area contributed by atoms with Crippen molar-refractivity contribution in [3.63, 3.8) is 0 Å². The van der Waals surface area contributed by atoms with Crippen LogP contribution >= 0.6 is 0 Å². The zero-order chi connectivity index (χ0) is 18.7. The van der Waals surface area contributed by atoms with Crippen molar-refractivity contribution in [1.82, 2.24) is 5.32 Å². The van der Waals surface area contributed by atoms with Crippen molar-refractivity contribution < 1.29 is 14.8 Å². The number of nitro benzene ring substituents is 1. The summed E-state index contributed by atoms with van der Waals surface area (Å²) < 4.78 is 0. The van der Waals surface area contributed by atoms with Crippen LogP contribution in [0.5, 0.6) is 5.75 Å². The lowest BCUT2D eigenvalue weighted by Gasteiger charge is -2.18. The smallest absolute Gasteiger partial charge is 0.293 e. The SMILES string of the molecule is CC(NC(=O)c1ccc(N2CCCC2)c([N+](=O)[O-])c1)c1cccc(O)c1. The molecule has 1 aliphatic rings. The average Bonchev–Trinajstić information content (AvgIpc) is 3.15. The topological polar surface area (TPSA) is 95.7 Å². The van der Waals surface area contributed by atoms with E-state index in [2.05, 4.69) is 5.32 Å². The molecule has 0 bridgehead atoms. The number of carbonyl (C=O) groups excluding carboxylic acids is 1. The predicted molar refractivity (Wildman–Crippen MR) is 98.5 cm³/mol. The number of nitrogens with zero attached hydrogens (tertiary/aromatic N) is 2. The monoisotopic (exact) mass is 355 g/mol. The lowest BCUT2D eigenvalue weighted by Crippen LogP contribution is -2.27. The van der Waals surface area contributed by atoms with Crippen molar-refractivity contribution in [3.8, 4) is 5.75 Å². The van der Waals surface area contributed by atoms with Gasteiger partial charge >= 0.3 is 0 Å². The first-order valence-corrected chi connectivity index (χ1v) is 8.59. The molecule has 1 heterocycles. The molecule has 2 aromatic rings. The number of carbonyl (C=O) groups is 1. The van der Waals surface area contributed by atoms with Gasteiger partial charge in [-0.05, 0) is 49.6 Å². The first-order chi connectivity index (χ1) is 12.5. The van der Waals surface area contributed by atoms with E-state index >= 15 is 0 Å². The average molecular weight is 355 g/mol. The molecule has 1 fully saturated rings. The van der Waals surface area contributed by atoms with Gasteiger partial charge in [0.2, 0.25) is 0 Å². The molecular formula is C19H21N3O4. The summed E-state index contributed by atoms with van der Waals surface area (Å²) in [6.45, 7) is 3.38. The number of aromatic hydroxyl groups is 1. The number of hydrogen-bond acceptors (Lipinski definition) is 5. The molecule has 0 spiro atoms. The van der Waals surface area contributed by atoms with Gasteiger partial charge in [-0.3, -0.25) is 14.9 Å². The number of hydrogen-bond donors (Lipinski definition) is 2. The van der Waals surface area contributed by atoms with Crippen LogP contribution in [0.3, 0.4) is 0 Å². The Morgan fingerprint density at radius 1 is 1.23 bits per heavy atom. The maximum Gasteiger partial charge on any atom is 0.293 e. The summed E-state index contributed by atoms with van der Waals surface area (Å²) in [5, 5.41) is 23.8. The zero-order valence-corrected chi connectivity index (χ0v) is 14.5. The molecule has 0 aromatic heterocycles. The Morgan fingerprint density at radius 3 is 2.62 bits per heavy atom. The largest absolute Gasteiger partial charge is 0.508 e. The third-order valence-electron chi connectivity index (χ3n) is 4.60. The van der Waals surface area contributed by atoms with Crippen LogP contribution in [0.4, 0.5) is 11.4 Å². The quantitative estimate of drug-likeness (QED) is 0.633. The van der Waals surface area contributed by atoms with Gasteiger partial charge in [0.25, 0.3) is 11.6 Å². The Kier molecular flexibility index (Phi) is 5.06. The standard InChI is InChI=1S/C19H21N3O4/c1-13(14-5-4-6-16(23)11-14)20-19(24)15-7-8-17(18(12-15)22(25)26)21-9-2-3-10-21/h4-8,11-13,23H,2-3,9-10H2,1H3,(H,20,24). The number of phenolic OH excluding ortho intramolecular Hbond substituents is 1. The van der Waals surface area contributed by atoms with Crippen LogP contribution in [0.1, 0.15) is 41.7 Å². The van der Waals surface area contributed by atoms with E-state index in [4.69, 9.17) is 0 Å². The minimum Gasteiger partial charge on any atom is -0.508 e. The number of nitro groups is 1. The van der Waals surface area contributed by atoms with Gasteiger partial charge in [0.1, 0.15) is 11.4 Å². The highest BCUT2D eigenvalue weighted by atomic mass is 16.6. The number of phenols is 1. The van der Waals surface area contributed by atoms with Crippen LogP contribution in [0.25, 0.3) is 0 Å². The van der Waals surface area contributed by atoms with E-state index in [1.54, 1.807) is 43.3 Å². The summed E-state index contributed by atoms with van der Waals surface area (Å²) in [4.78, 5) is 25.5. The molecule has 0 saturated carbocycles. The molecular weight excluding hydrogens is 334 g/mol. The van der Waals surface area contributed by atoms with Gasteiger partial charge in [-0.15, -0.1) is 0 Å². The lowest BCUT2D eigenvalue weighted by atomic mass is 10.1. The Hall–Kier alpha value is -3.09. The fourth-order valence-corrected chi connectivity index (χ4v) is 3.19. The molecule has 1 amide bonds. The molecule has 3 rings (SSSR count). The molecule has 1 saturated heterocycles. The third kappa shape index (κ3) is 3.77. The molecule has 1 aliphatic heterocycles. The van der Waals surface area contributed by atoms with E-state index in [-0.39, 0.29) is 23.0 Å². The molecule has 2 N–H and O–H groups in total. The summed E-state index contributed by atoms with van der Waals surface area (Å²) in [5.74, 6) is -0.272. The molecule has 26 heavy (non-hydrogen) atoms. The maximum atomic E-state index is 12.5. The Labute approximate surface area is 151 Å². The Balaban J connectivity index is 1.80. The normalized spacial score (nSPS) is 14.9. The second-order valence-electron chi connectivity index (χ2n) is 6.44. The fraction of sp³-hybridized carbons (Fsp3) is 0.316. The first kappa shape index (κ1) is 17.7. The first-order valence-electron chi connectivity index (χ1n) is 8.59. The van der Waals surface area contributed by atoms with Crippen LogP contribution in [-0.2, 0) is 0 Å². The van der Waals surface area contributed by atoms with Crippen molar-refractivity contribution in [2.24, 2.45) is 0 Å². The van der Waals surface area contributed by atoms with Crippen molar-refractivity contribution in [2.75, 3.05) is 18.0 Å². The van der Waals surface area contributed by atoms with Crippen LogP contribution in [-0.4, -0.2) is 29.0 Å². The van der Waals surface area contributed by atoms with E-state index in [1.807, 2.05) is 4.90 Å². The van der Waals surface area contributed by atoms with Gasteiger partial charge in [-0.25, -0.2) is 0 Å². The third-order valence-corrected chi connectivity index (χ3v) is 4.60. The van der Waals surface area contributed by atoms with Crippen molar-refractivity contribution in [1.29, 1.82) is 0 Å². The van der Waals surface area contributed by atoms with Gasteiger partial charge < -0.3 is 15.3 Å². The molecule has 7 heteroatoms. The van der Waals surface area contributed by atoms with Crippen molar-refractivity contribution in [2.45, 2.75) is 25.8 Å². The van der Waals surface area contributed by atoms with E-state index in [1.165, 1.54) is 6.07 Å². The highest BCUT2D eigenvalue weighted by molar-refractivity contribution is 5.96. The van der Waals surface area contributed by atoms with Gasteiger partial charge in [0, 0.05) is 24.7 Å².